The Morgan fingerprint density at radius 3 is 3.06 bits per heavy atom. The number of anilines is 1. The highest BCUT2D eigenvalue weighted by Gasteiger charge is 2.03. The van der Waals surface area contributed by atoms with Crippen molar-refractivity contribution >= 4 is 17.3 Å². The van der Waals surface area contributed by atoms with E-state index >= 15 is 0 Å². The number of ether oxygens (including phenoxy) is 1. The Morgan fingerprint density at radius 1 is 1.44 bits per heavy atom. The molecule has 6 heteroatoms. The fraction of sp³-hybridized carbons (Fsp3) is 0.500. The minimum absolute atomic E-state index is 0.770. The van der Waals surface area contributed by atoms with Crippen molar-refractivity contribution in [1.29, 1.82) is 0 Å². The Labute approximate surface area is 111 Å². The highest BCUT2D eigenvalue weighted by atomic mass is 32.1. The van der Waals surface area contributed by atoms with Gasteiger partial charge in [0, 0.05) is 43.7 Å². The van der Waals surface area contributed by atoms with E-state index in [1.807, 2.05) is 25.5 Å². The molecule has 0 saturated heterocycles. The standard InChI is InChI=1S/C12H18N4OS/c1-10-14-8-11(18-10)9-15-12-13-4-6-16(12)5-3-7-17-2/h4,6,8H,3,5,7,9H2,1-2H3,(H,13,15). The lowest BCUT2D eigenvalue weighted by molar-refractivity contribution is 0.190. The molecule has 1 N–H and O–H groups in total. The van der Waals surface area contributed by atoms with Crippen LogP contribution < -0.4 is 5.32 Å². The van der Waals surface area contributed by atoms with E-state index in [2.05, 4.69) is 19.9 Å². The van der Waals surface area contributed by atoms with Gasteiger partial charge in [0.05, 0.1) is 11.6 Å². The monoisotopic (exact) mass is 266 g/mol. The van der Waals surface area contributed by atoms with E-state index in [1.54, 1.807) is 18.4 Å². The first-order chi connectivity index (χ1) is 8.79. The quantitative estimate of drug-likeness (QED) is 0.781. The molecule has 2 rings (SSSR count). The molecular formula is C12H18N4OS. The van der Waals surface area contributed by atoms with Crippen molar-refractivity contribution in [3.05, 3.63) is 28.5 Å². The molecule has 0 radical (unpaired) electrons. The van der Waals surface area contributed by atoms with E-state index in [0.717, 1.165) is 37.1 Å². The number of nitrogens with zero attached hydrogens (tertiary/aromatic N) is 3. The summed E-state index contributed by atoms with van der Waals surface area (Å²) in [6, 6.07) is 0. The number of aryl methyl sites for hydroxylation is 2. The average Bonchev–Trinajstić information content (AvgIpc) is 2.96. The first kappa shape index (κ1) is 13.0. The van der Waals surface area contributed by atoms with Gasteiger partial charge in [-0.3, -0.25) is 0 Å². The van der Waals surface area contributed by atoms with Gasteiger partial charge < -0.3 is 14.6 Å². The molecule has 18 heavy (non-hydrogen) atoms. The SMILES string of the molecule is COCCCn1ccnc1NCc1cnc(C)s1. The lowest BCUT2D eigenvalue weighted by atomic mass is 10.4. The third-order valence-electron chi connectivity index (χ3n) is 2.55. The van der Waals surface area contributed by atoms with E-state index in [4.69, 9.17) is 4.74 Å². The number of nitrogens with one attached hydrogen (secondary N) is 1. The number of methoxy groups -OCH3 is 1. The van der Waals surface area contributed by atoms with Crippen molar-refractivity contribution in [2.24, 2.45) is 0 Å². The van der Waals surface area contributed by atoms with Gasteiger partial charge in [-0.1, -0.05) is 0 Å². The van der Waals surface area contributed by atoms with E-state index in [0.29, 0.717) is 0 Å². The summed E-state index contributed by atoms with van der Waals surface area (Å²) in [5, 5.41) is 4.42. The second-order valence-corrected chi connectivity index (χ2v) is 5.31. The summed E-state index contributed by atoms with van der Waals surface area (Å²) in [4.78, 5) is 9.77. The molecule has 0 spiro atoms. The Hall–Kier alpha value is -1.40. The van der Waals surface area contributed by atoms with Crippen molar-refractivity contribution in [2.45, 2.75) is 26.4 Å². The largest absolute Gasteiger partial charge is 0.385 e. The van der Waals surface area contributed by atoms with Crippen LogP contribution in [0, 0.1) is 6.92 Å². The lowest BCUT2D eigenvalue weighted by Crippen LogP contribution is -2.08. The lowest BCUT2D eigenvalue weighted by Gasteiger charge is -2.08. The third-order valence-corrected chi connectivity index (χ3v) is 3.47. The van der Waals surface area contributed by atoms with E-state index in [-0.39, 0.29) is 0 Å². The predicted molar refractivity (Wildman–Crippen MR) is 72.9 cm³/mol. The van der Waals surface area contributed by atoms with Gasteiger partial charge in [-0.15, -0.1) is 11.3 Å². The van der Waals surface area contributed by atoms with E-state index in [1.165, 1.54) is 4.88 Å². The summed E-state index contributed by atoms with van der Waals surface area (Å²) >= 11 is 1.71. The molecule has 0 fully saturated rings. The van der Waals surface area contributed by atoms with Gasteiger partial charge >= 0.3 is 0 Å². The smallest absolute Gasteiger partial charge is 0.203 e. The minimum Gasteiger partial charge on any atom is -0.385 e. The van der Waals surface area contributed by atoms with Crippen LogP contribution in [-0.2, 0) is 17.8 Å². The molecule has 0 unspecified atom stereocenters. The van der Waals surface area contributed by atoms with Crippen molar-refractivity contribution in [1.82, 2.24) is 14.5 Å². The summed E-state index contributed by atoms with van der Waals surface area (Å²) in [7, 11) is 1.72. The van der Waals surface area contributed by atoms with Crippen molar-refractivity contribution < 1.29 is 4.74 Å². The molecule has 5 nitrogen and oxygen atoms in total. The van der Waals surface area contributed by atoms with Crippen LogP contribution in [0.5, 0.6) is 0 Å². The highest BCUT2D eigenvalue weighted by molar-refractivity contribution is 7.11. The second-order valence-electron chi connectivity index (χ2n) is 3.99. The maximum Gasteiger partial charge on any atom is 0.203 e. The number of hydrogen-bond donors (Lipinski definition) is 1. The summed E-state index contributed by atoms with van der Waals surface area (Å²) in [5.74, 6) is 0.900. The van der Waals surface area contributed by atoms with Crippen LogP contribution in [0.3, 0.4) is 0 Å². The third kappa shape index (κ3) is 3.54. The van der Waals surface area contributed by atoms with Gasteiger partial charge in [0.15, 0.2) is 0 Å². The molecule has 2 heterocycles. The number of rotatable bonds is 7. The molecule has 2 aromatic rings. The number of aromatic nitrogens is 3. The maximum atomic E-state index is 5.05. The molecule has 0 aromatic carbocycles. The Morgan fingerprint density at radius 2 is 2.33 bits per heavy atom. The van der Waals surface area contributed by atoms with Crippen LogP contribution >= 0.6 is 11.3 Å². The molecular weight excluding hydrogens is 248 g/mol. The Kier molecular flexibility index (Phi) is 4.72. The zero-order chi connectivity index (χ0) is 12.8. The summed E-state index contributed by atoms with van der Waals surface area (Å²) in [6.45, 7) is 4.47. The fourth-order valence-corrected chi connectivity index (χ4v) is 2.42. The van der Waals surface area contributed by atoms with Crippen LogP contribution in [0.15, 0.2) is 18.6 Å². The number of imidazole rings is 1. The summed E-state index contributed by atoms with van der Waals surface area (Å²) in [6.07, 6.45) is 6.69. The molecule has 0 saturated carbocycles. The van der Waals surface area contributed by atoms with Gasteiger partial charge in [0.1, 0.15) is 0 Å². The molecule has 0 atom stereocenters. The van der Waals surface area contributed by atoms with Crippen molar-refractivity contribution in [3.8, 4) is 0 Å². The number of hydrogen-bond acceptors (Lipinski definition) is 5. The summed E-state index contributed by atoms with van der Waals surface area (Å²) in [5.41, 5.74) is 0. The van der Waals surface area contributed by atoms with Gasteiger partial charge in [-0.2, -0.15) is 0 Å². The second kappa shape index (κ2) is 6.51. The zero-order valence-corrected chi connectivity index (χ0v) is 11.5. The molecule has 0 aliphatic heterocycles. The average molecular weight is 266 g/mol. The zero-order valence-electron chi connectivity index (χ0n) is 10.7. The Bertz CT molecular complexity index is 480. The van der Waals surface area contributed by atoms with E-state index in [9.17, 15) is 0 Å². The van der Waals surface area contributed by atoms with Crippen LogP contribution in [0.25, 0.3) is 0 Å². The maximum absolute atomic E-state index is 5.05. The molecule has 0 amide bonds. The van der Waals surface area contributed by atoms with E-state index < -0.39 is 0 Å². The Balaban J connectivity index is 1.87. The normalized spacial score (nSPS) is 10.8. The van der Waals surface area contributed by atoms with Gasteiger partial charge in [-0.25, -0.2) is 9.97 Å². The van der Waals surface area contributed by atoms with Crippen LogP contribution in [-0.4, -0.2) is 28.3 Å². The van der Waals surface area contributed by atoms with Crippen LogP contribution in [0.4, 0.5) is 5.95 Å². The molecule has 2 aromatic heterocycles. The van der Waals surface area contributed by atoms with Crippen molar-refractivity contribution in [2.75, 3.05) is 19.0 Å². The van der Waals surface area contributed by atoms with Gasteiger partial charge in [-0.05, 0) is 13.3 Å². The first-order valence-electron chi connectivity index (χ1n) is 5.95. The van der Waals surface area contributed by atoms with Crippen LogP contribution in [0.2, 0.25) is 0 Å². The summed E-state index contributed by atoms with van der Waals surface area (Å²) < 4.78 is 7.16. The minimum atomic E-state index is 0.770. The molecule has 0 bridgehead atoms. The highest BCUT2D eigenvalue weighted by Crippen LogP contribution is 2.14. The van der Waals surface area contributed by atoms with Crippen molar-refractivity contribution in [3.63, 3.8) is 0 Å². The molecule has 0 aliphatic carbocycles. The number of thiazole rings is 1. The van der Waals surface area contributed by atoms with Gasteiger partial charge in [0.25, 0.3) is 0 Å². The molecule has 0 aliphatic rings. The first-order valence-corrected chi connectivity index (χ1v) is 6.76. The van der Waals surface area contributed by atoms with Gasteiger partial charge in [0.2, 0.25) is 5.95 Å². The molecule has 98 valence electrons. The topological polar surface area (TPSA) is 52.0 Å². The van der Waals surface area contributed by atoms with Crippen LogP contribution in [0.1, 0.15) is 16.3 Å². The fourth-order valence-electron chi connectivity index (χ4n) is 1.69. The predicted octanol–water partition coefficient (Wildman–Crippen LogP) is 2.30.